The van der Waals surface area contributed by atoms with E-state index < -0.39 is 0 Å². The molecule has 0 bridgehead atoms. The van der Waals surface area contributed by atoms with E-state index in [0.717, 1.165) is 16.8 Å². The van der Waals surface area contributed by atoms with Crippen LogP contribution in [0.5, 0.6) is 0 Å². The number of hydrogen-bond acceptors (Lipinski definition) is 3. The second-order valence-corrected chi connectivity index (χ2v) is 5.35. The Labute approximate surface area is 130 Å². The molecule has 0 atom stereocenters. The number of rotatable bonds is 5. The molecule has 2 N–H and O–H groups in total. The molecule has 0 radical (unpaired) electrons. The first-order valence-corrected chi connectivity index (χ1v) is 7.17. The average molecular weight is 296 g/mol. The average Bonchev–Trinajstić information content (AvgIpc) is 2.49. The molecule has 0 saturated carbocycles. The van der Waals surface area contributed by atoms with E-state index in [1.165, 1.54) is 6.92 Å². The molecule has 4 heteroatoms. The van der Waals surface area contributed by atoms with Crippen molar-refractivity contribution in [2.45, 2.75) is 20.8 Å². The van der Waals surface area contributed by atoms with Crippen molar-refractivity contribution in [2.24, 2.45) is 0 Å². The third-order valence-corrected chi connectivity index (χ3v) is 3.41. The monoisotopic (exact) mass is 296 g/mol. The van der Waals surface area contributed by atoms with Crippen LogP contribution in [-0.2, 0) is 4.79 Å². The van der Waals surface area contributed by atoms with Gasteiger partial charge in [0.25, 0.3) is 0 Å². The lowest BCUT2D eigenvalue weighted by Crippen LogP contribution is -2.22. The summed E-state index contributed by atoms with van der Waals surface area (Å²) in [4.78, 5) is 23.2. The predicted molar refractivity (Wildman–Crippen MR) is 89.5 cm³/mol. The van der Waals surface area contributed by atoms with Crippen molar-refractivity contribution in [3.05, 3.63) is 59.2 Å². The summed E-state index contributed by atoms with van der Waals surface area (Å²) in [6.07, 6.45) is 0. The number of ketones is 1. The second kappa shape index (κ2) is 6.89. The Kier molecular flexibility index (Phi) is 4.94. The van der Waals surface area contributed by atoms with Crippen LogP contribution >= 0.6 is 0 Å². The minimum atomic E-state index is -0.128. The molecule has 22 heavy (non-hydrogen) atoms. The minimum absolute atomic E-state index is 0.00876. The maximum atomic E-state index is 12.0. The van der Waals surface area contributed by atoms with E-state index in [-0.39, 0.29) is 18.2 Å². The van der Waals surface area contributed by atoms with E-state index in [4.69, 9.17) is 0 Å². The molecular formula is C18H20N2O2. The first-order chi connectivity index (χ1) is 10.5. The van der Waals surface area contributed by atoms with E-state index in [0.29, 0.717) is 11.3 Å². The summed E-state index contributed by atoms with van der Waals surface area (Å²) in [5, 5.41) is 5.94. The maximum absolute atomic E-state index is 12.0. The van der Waals surface area contributed by atoms with Crippen molar-refractivity contribution in [2.75, 3.05) is 17.2 Å². The molecule has 0 spiro atoms. The highest BCUT2D eigenvalue weighted by molar-refractivity contribution is 5.96. The van der Waals surface area contributed by atoms with Crippen molar-refractivity contribution in [1.82, 2.24) is 0 Å². The Hall–Kier alpha value is -2.62. The number of nitrogens with one attached hydrogen (secondary N) is 2. The summed E-state index contributed by atoms with van der Waals surface area (Å²) in [7, 11) is 0. The van der Waals surface area contributed by atoms with Crippen LogP contribution in [0.2, 0.25) is 0 Å². The van der Waals surface area contributed by atoms with Crippen LogP contribution in [0.15, 0.2) is 42.5 Å². The normalized spacial score (nSPS) is 10.1. The summed E-state index contributed by atoms with van der Waals surface area (Å²) < 4.78 is 0. The van der Waals surface area contributed by atoms with E-state index >= 15 is 0 Å². The van der Waals surface area contributed by atoms with Gasteiger partial charge in [0.15, 0.2) is 5.78 Å². The number of carbonyl (C=O) groups excluding carboxylic acids is 2. The Morgan fingerprint density at radius 1 is 1.00 bits per heavy atom. The third-order valence-electron chi connectivity index (χ3n) is 3.41. The van der Waals surface area contributed by atoms with Crippen LogP contribution in [0.4, 0.5) is 11.4 Å². The van der Waals surface area contributed by atoms with Crippen LogP contribution in [0.1, 0.15) is 28.4 Å². The second-order valence-electron chi connectivity index (χ2n) is 5.35. The number of carbonyl (C=O) groups is 2. The number of hydrogen-bond donors (Lipinski definition) is 2. The summed E-state index contributed by atoms with van der Waals surface area (Å²) >= 11 is 0. The van der Waals surface area contributed by atoms with Crippen LogP contribution < -0.4 is 10.6 Å². The summed E-state index contributed by atoms with van der Waals surface area (Å²) in [5.74, 6) is -0.119. The topological polar surface area (TPSA) is 58.2 Å². The minimum Gasteiger partial charge on any atom is -0.376 e. The molecule has 0 heterocycles. The van der Waals surface area contributed by atoms with E-state index in [2.05, 4.69) is 10.6 Å². The quantitative estimate of drug-likeness (QED) is 0.829. The van der Waals surface area contributed by atoms with E-state index in [9.17, 15) is 9.59 Å². The van der Waals surface area contributed by atoms with Gasteiger partial charge in [-0.3, -0.25) is 9.59 Å². The molecule has 0 aliphatic carbocycles. The van der Waals surface area contributed by atoms with Crippen molar-refractivity contribution < 1.29 is 9.59 Å². The van der Waals surface area contributed by atoms with Crippen LogP contribution in [0, 0.1) is 13.8 Å². The molecule has 0 fully saturated rings. The standard InChI is InChI=1S/C18H20N2O2/c1-12-4-5-13(2)17(10-12)19-11-18(22)20-16-8-6-15(7-9-16)14(3)21/h4-10,19H,11H2,1-3H3,(H,20,22). The lowest BCUT2D eigenvalue weighted by molar-refractivity contribution is -0.114. The van der Waals surface area contributed by atoms with Gasteiger partial charge in [-0.2, -0.15) is 0 Å². The van der Waals surface area contributed by atoms with Gasteiger partial charge in [-0.1, -0.05) is 12.1 Å². The molecule has 1 amide bonds. The zero-order chi connectivity index (χ0) is 16.1. The van der Waals surface area contributed by atoms with Crippen molar-refractivity contribution in [1.29, 1.82) is 0 Å². The SMILES string of the molecule is CC(=O)c1ccc(NC(=O)CNc2cc(C)ccc2C)cc1. The van der Waals surface area contributed by atoms with Gasteiger partial charge in [0, 0.05) is 16.9 Å². The number of benzene rings is 2. The molecule has 2 aromatic carbocycles. The van der Waals surface area contributed by atoms with Gasteiger partial charge < -0.3 is 10.6 Å². The molecule has 2 aromatic rings. The first kappa shape index (κ1) is 15.8. The Balaban J connectivity index is 1.92. The fourth-order valence-corrected chi connectivity index (χ4v) is 2.10. The molecular weight excluding hydrogens is 276 g/mol. The molecule has 0 aromatic heterocycles. The van der Waals surface area contributed by atoms with Gasteiger partial charge in [0.1, 0.15) is 0 Å². The smallest absolute Gasteiger partial charge is 0.243 e. The molecule has 0 saturated heterocycles. The Bertz CT molecular complexity index is 691. The lowest BCUT2D eigenvalue weighted by Gasteiger charge is -2.11. The molecule has 0 unspecified atom stereocenters. The third kappa shape index (κ3) is 4.19. The summed E-state index contributed by atoms with van der Waals surface area (Å²) in [6.45, 7) is 5.72. The highest BCUT2D eigenvalue weighted by Gasteiger charge is 2.05. The number of aryl methyl sites for hydroxylation is 2. The molecule has 4 nitrogen and oxygen atoms in total. The van der Waals surface area contributed by atoms with Gasteiger partial charge >= 0.3 is 0 Å². The van der Waals surface area contributed by atoms with Crippen LogP contribution in [-0.4, -0.2) is 18.2 Å². The van der Waals surface area contributed by atoms with Gasteiger partial charge in [-0.05, 0) is 62.2 Å². The number of Topliss-reactive ketones (excluding diaryl/α,β-unsaturated/α-hetero) is 1. The summed E-state index contributed by atoms with van der Waals surface area (Å²) in [5.41, 5.74) is 4.52. The van der Waals surface area contributed by atoms with E-state index in [1.807, 2.05) is 32.0 Å². The van der Waals surface area contributed by atoms with Crippen molar-refractivity contribution in [3.8, 4) is 0 Å². The van der Waals surface area contributed by atoms with E-state index in [1.54, 1.807) is 24.3 Å². The van der Waals surface area contributed by atoms with Crippen LogP contribution in [0.3, 0.4) is 0 Å². The Morgan fingerprint density at radius 3 is 2.32 bits per heavy atom. The summed E-state index contributed by atoms with van der Waals surface area (Å²) in [6, 6.07) is 12.9. The molecule has 0 aliphatic heterocycles. The molecule has 0 aliphatic rings. The van der Waals surface area contributed by atoms with Gasteiger partial charge in [-0.25, -0.2) is 0 Å². The maximum Gasteiger partial charge on any atom is 0.243 e. The zero-order valence-electron chi connectivity index (χ0n) is 13.1. The Morgan fingerprint density at radius 2 is 1.68 bits per heavy atom. The number of anilines is 2. The molecule has 2 rings (SSSR count). The van der Waals surface area contributed by atoms with Gasteiger partial charge in [0.05, 0.1) is 6.54 Å². The van der Waals surface area contributed by atoms with Crippen molar-refractivity contribution in [3.63, 3.8) is 0 Å². The fraction of sp³-hybridized carbons (Fsp3) is 0.222. The first-order valence-electron chi connectivity index (χ1n) is 7.17. The predicted octanol–water partition coefficient (Wildman–Crippen LogP) is 3.56. The van der Waals surface area contributed by atoms with Gasteiger partial charge in [0.2, 0.25) is 5.91 Å². The number of amides is 1. The largest absolute Gasteiger partial charge is 0.376 e. The zero-order valence-corrected chi connectivity index (χ0v) is 13.1. The van der Waals surface area contributed by atoms with Crippen molar-refractivity contribution >= 4 is 23.1 Å². The van der Waals surface area contributed by atoms with Gasteiger partial charge in [-0.15, -0.1) is 0 Å². The highest BCUT2D eigenvalue weighted by Crippen LogP contribution is 2.16. The highest BCUT2D eigenvalue weighted by atomic mass is 16.2. The molecule has 114 valence electrons. The lowest BCUT2D eigenvalue weighted by atomic mass is 10.1. The fourth-order valence-electron chi connectivity index (χ4n) is 2.10. The van der Waals surface area contributed by atoms with Crippen LogP contribution in [0.25, 0.3) is 0 Å².